The molecular weight excluding hydrogens is 444 g/mol. The van der Waals surface area contributed by atoms with Crippen molar-refractivity contribution in [3.05, 3.63) is 58.5 Å². The fourth-order valence-corrected chi connectivity index (χ4v) is 3.90. The molecule has 3 rings (SSSR count). The van der Waals surface area contributed by atoms with Crippen molar-refractivity contribution >= 4 is 17.5 Å². The molecular formula is C26H34N6O3. The minimum absolute atomic E-state index is 0.0298. The Morgan fingerprint density at radius 3 is 2.60 bits per heavy atom. The summed E-state index contributed by atoms with van der Waals surface area (Å²) in [5.41, 5.74) is 8.38. The van der Waals surface area contributed by atoms with Crippen molar-refractivity contribution in [2.75, 3.05) is 11.9 Å². The SMILES string of the molecule is CCO[C@H]1C[C@@H](N/C(N)=C(/C#N)C(=N)c2ccc(CC(=O)Nc3cc(CC(C)(C)C)no3)cc2)C1. The Morgan fingerprint density at radius 2 is 2.00 bits per heavy atom. The molecule has 1 aromatic carbocycles. The summed E-state index contributed by atoms with van der Waals surface area (Å²) in [6, 6.07) is 10.8. The van der Waals surface area contributed by atoms with Crippen molar-refractivity contribution in [3.63, 3.8) is 0 Å². The molecule has 1 amide bonds. The molecule has 0 spiro atoms. The highest BCUT2D eigenvalue weighted by atomic mass is 16.5. The predicted molar refractivity (Wildman–Crippen MR) is 134 cm³/mol. The van der Waals surface area contributed by atoms with Gasteiger partial charge in [-0.3, -0.25) is 15.5 Å². The molecule has 186 valence electrons. The van der Waals surface area contributed by atoms with Gasteiger partial charge in [0.25, 0.3) is 0 Å². The number of nitriles is 1. The molecule has 0 saturated heterocycles. The summed E-state index contributed by atoms with van der Waals surface area (Å²) in [6.07, 6.45) is 2.74. The minimum atomic E-state index is -0.233. The lowest BCUT2D eigenvalue weighted by Gasteiger charge is -2.36. The molecule has 9 nitrogen and oxygen atoms in total. The standard InChI is InChI=1S/C26H34N6O3/c1-5-34-20-11-18(12-20)30-25(29)21(15-27)24(28)17-8-6-16(7-9-17)10-22(33)31-23-13-19(32-35-23)14-26(2,3)4/h6-9,13,18,20,28,30H,5,10-12,14,29H2,1-4H3,(H,31,33)/b25-21-,28-24?/t18-,20+. The van der Waals surface area contributed by atoms with Gasteiger partial charge in [0.2, 0.25) is 11.8 Å². The molecule has 0 aliphatic heterocycles. The van der Waals surface area contributed by atoms with Crippen LogP contribution in [0.15, 0.2) is 46.2 Å². The van der Waals surface area contributed by atoms with Crippen LogP contribution >= 0.6 is 0 Å². The van der Waals surface area contributed by atoms with E-state index in [-0.39, 0.29) is 47.0 Å². The maximum atomic E-state index is 12.4. The van der Waals surface area contributed by atoms with Crippen LogP contribution in [0.3, 0.4) is 0 Å². The molecule has 1 saturated carbocycles. The van der Waals surface area contributed by atoms with Gasteiger partial charge in [0.15, 0.2) is 0 Å². The fraction of sp³-hybridized carbons (Fsp3) is 0.462. The van der Waals surface area contributed by atoms with Crippen molar-refractivity contribution in [1.82, 2.24) is 10.5 Å². The fourth-order valence-electron chi connectivity index (χ4n) is 3.90. The van der Waals surface area contributed by atoms with Gasteiger partial charge in [-0.2, -0.15) is 5.26 Å². The lowest BCUT2D eigenvalue weighted by molar-refractivity contribution is -0.115. The third-order valence-electron chi connectivity index (χ3n) is 5.63. The number of carbonyl (C=O) groups is 1. The number of ether oxygens (including phenoxy) is 1. The summed E-state index contributed by atoms with van der Waals surface area (Å²) >= 11 is 0. The molecule has 9 heteroatoms. The van der Waals surface area contributed by atoms with Crippen molar-refractivity contribution in [2.24, 2.45) is 11.1 Å². The van der Waals surface area contributed by atoms with Gasteiger partial charge in [-0.05, 0) is 37.2 Å². The second-order valence-electron chi connectivity index (χ2n) is 10.0. The van der Waals surface area contributed by atoms with E-state index in [2.05, 4.69) is 36.6 Å². The average molecular weight is 479 g/mol. The molecule has 1 aliphatic carbocycles. The number of benzene rings is 1. The molecule has 1 fully saturated rings. The number of rotatable bonds is 10. The summed E-state index contributed by atoms with van der Waals surface area (Å²) in [4.78, 5) is 12.4. The van der Waals surface area contributed by atoms with Crippen LogP contribution < -0.4 is 16.4 Å². The highest BCUT2D eigenvalue weighted by Crippen LogP contribution is 2.24. The number of nitrogens with two attached hydrogens (primary N) is 1. The highest BCUT2D eigenvalue weighted by molar-refractivity contribution is 6.13. The summed E-state index contributed by atoms with van der Waals surface area (Å²) in [5.74, 6) is 0.278. The number of allylic oxidation sites excluding steroid dienone is 1. The summed E-state index contributed by atoms with van der Waals surface area (Å²) < 4.78 is 10.8. The number of nitrogens with one attached hydrogen (secondary N) is 3. The molecule has 1 aliphatic rings. The number of amides is 1. The maximum absolute atomic E-state index is 12.4. The van der Waals surface area contributed by atoms with Gasteiger partial charge in [0, 0.05) is 24.3 Å². The monoisotopic (exact) mass is 478 g/mol. The zero-order chi connectivity index (χ0) is 25.6. The van der Waals surface area contributed by atoms with Gasteiger partial charge in [0.1, 0.15) is 17.5 Å². The lowest BCUT2D eigenvalue weighted by atomic mass is 9.89. The Labute approximate surface area is 206 Å². The van der Waals surface area contributed by atoms with Gasteiger partial charge >= 0.3 is 0 Å². The molecule has 1 heterocycles. The number of hydrogen-bond acceptors (Lipinski definition) is 8. The third kappa shape index (κ3) is 7.42. The van der Waals surface area contributed by atoms with Crippen LogP contribution in [0.25, 0.3) is 0 Å². The van der Waals surface area contributed by atoms with E-state index >= 15 is 0 Å². The zero-order valence-electron chi connectivity index (χ0n) is 20.8. The normalized spacial score (nSPS) is 18.1. The summed E-state index contributed by atoms with van der Waals surface area (Å²) in [5, 5.41) is 27.9. The van der Waals surface area contributed by atoms with E-state index in [9.17, 15) is 10.1 Å². The largest absolute Gasteiger partial charge is 0.384 e. The van der Waals surface area contributed by atoms with E-state index in [1.54, 1.807) is 30.3 Å². The van der Waals surface area contributed by atoms with Crippen LogP contribution in [0.1, 0.15) is 57.4 Å². The van der Waals surface area contributed by atoms with Crippen LogP contribution in [0, 0.1) is 22.2 Å². The maximum Gasteiger partial charge on any atom is 0.231 e. The highest BCUT2D eigenvalue weighted by Gasteiger charge is 2.30. The zero-order valence-corrected chi connectivity index (χ0v) is 20.8. The van der Waals surface area contributed by atoms with Gasteiger partial charge in [-0.1, -0.05) is 50.2 Å². The molecule has 2 aromatic rings. The van der Waals surface area contributed by atoms with Crippen LogP contribution in [-0.4, -0.2) is 35.5 Å². The van der Waals surface area contributed by atoms with Crippen LogP contribution in [0.4, 0.5) is 5.88 Å². The quantitative estimate of drug-likeness (QED) is 0.300. The first-order valence-electron chi connectivity index (χ1n) is 11.8. The Morgan fingerprint density at radius 1 is 1.31 bits per heavy atom. The number of hydrogen-bond donors (Lipinski definition) is 4. The average Bonchev–Trinajstić information content (AvgIpc) is 3.17. The second kappa shape index (κ2) is 11.2. The number of aromatic nitrogens is 1. The van der Waals surface area contributed by atoms with E-state index in [0.717, 1.165) is 30.5 Å². The minimum Gasteiger partial charge on any atom is -0.384 e. The summed E-state index contributed by atoms with van der Waals surface area (Å²) in [7, 11) is 0. The van der Waals surface area contributed by atoms with Crippen molar-refractivity contribution in [3.8, 4) is 6.07 Å². The van der Waals surface area contributed by atoms with Gasteiger partial charge in [0.05, 0.1) is 23.9 Å². The van der Waals surface area contributed by atoms with Crippen molar-refractivity contribution in [1.29, 1.82) is 10.7 Å². The third-order valence-corrected chi connectivity index (χ3v) is 5.63. The second-order valence-corrected chi connectivity index (χ2v) is 10.0. The van der Waals surface area contributed by atoms with Crippen molar-refractivity contribution < 1.29 is 14.1 Å². The molecule has 0 atom stereocenters. The van der Waals surface area contributed by atoms with Crippen LogP contribution in [-0.2, 0) is 22.4 Å². The van der Waals surface area contributed by atoms with Crippen LogP contribution in [0.5, 0.6) is 0 Å². The molecule has 0 unspecified atom stereocenters. The van der Waals surface area contributed by atoms with Gasteiger partial charge in [-0.25, -0.2) is 0 Å². The van der Waals surface area contributed by atoms with E-state index in [1.807, 2.05) is 13.0 Å². The van der Waals surface area contributed by atoms with E-state index < -0.39 is 0 Å². The van der Waals surface area contributed by atoms with E-state index in [1.165, 1.54) is 0 Å². The lowest BCUT2D eigenvalue weighted by Crippen LogP contribution is -2.46. The Bertz CT molecular complexity index is 1120. The first kappa shape index (κ1) is 26.0. The number of carbonyl (C=O) groups excluding carboxylic acids is 1. The molecule has 35 heavy (non-hydrogen) atoms. The smallest absolute Gasteiger partial charge is 0.231 e. The van der Waals surface area contributed by atoms with E-state index in [0.29, 0.717) is 18.1 Å². The molecule has 1 aromatic heterocycles. The Hall–Kier alpha value is -3.64. The summed E-state index contributed by atoms with van der Waals surface area (Å²) in [6.45, 7) is 8.95. The Kier molecular flexibility index (Phi) is 8.30. The number of anilines is 1. The molecule has 5 N–H and O–H groups in total. The molecule has 0 radical (unpaired) electrons. The van der Waals surface area contributed by atoms with E-state index in [4.69, 9.17) is 20.4 Å². The van der Waals surface area contributed by atoms with Crippen molar-refractivity contribution in [2.45, 2.75) is 65.5 Å². The molecule has 0 bridgehead atoms. The van der Waals surface area contributed by atoms with Gasteiger partial charge in [-0.15, -0.1) is 0 Å². The first-order valence-corrected chi connectivity index (χ1v) is 11.8. The number of nitrogens with zero attached hydrogens (tertiary/aromatic N) is 2. The Balaban J connectivity index is 1.56. The predicted octanol–water partition coefficient (Wildman–Crippen LogP) is 3.66. The first-order chi connectivity index (χ1) is 16.6. The van der Waals surface area contributed by atoms with Crippen LogP contribution in [0.2, 0.25) is 0 Å². The van der Waals surface area contributed by atoms with Gasteiger partial charge < -0.3 is 20.3 Å². The topological polar surface area (TPSA) is 150 Å².